The molecule has 1 atom stereocenters. The summed E-state index contributed by atoms with van der Waals surface area (Å²) in [4.78, 5) is 10.7. The highest BCUT2D eigenvalue weighted by Gasteiger charge is 2.06. The van der Waals surface area contributed by atoms with Gasteiger partial charge in [-0.2, -0.15) is 0 Å². The van der Waals surface area contributed by atoms with Crippen LogP contribution in [0.1, 0.15) is 13.3 Å². The van der Waals surface area contributed by atoms with Crippen LogP contribution in [0.25, 0.3) is 0 Å². The normalized spacial score (nSPS) is 13.0. The van der Waals surface area contributed by atoms with Gasteiger partial charge >= 0.3 is 5.97 Å². The maximum absolute atomic E-state index is 10.7. The van der Waals surface area contributed by atoms with Crippen LogP contribution in [0.3, 0.4) is 0 Å². The van der Waals surface area contributed by atoms with Gasteiger partial charge in [-0.1, -0.05) is 13.2 Å². The first-order valence-corrected chi connectivity index (χ1v) is 4.46. The van der Waals surface area contributed by atoms with Gasteiger partial charge in [0.2, 0.25) is 0 Å². The molecule has 1 unspecified atom stereocenters. The first-order valence-electron chi connectivity index (χ1n) is 3.20. The van der Waals surface area contributed by atoms with Crippen LogP contribution >= 0.6 is 8.20 Å². The van der Waals surface area contributed by atoms with E-state index >= 15 is 0 Å². The number of carbonyl (C=O) groups excluding carboxylic acids is 1. The van der Waals surface area contributed by atoms with Gasteiger partial charge in [-0.05, 0) is 12.1 Å². The zero-order chi connectivity index (χ0) is 7.98. The Morgan fingerprint density at radius 1 is 1.80 bits per heavy atom. The zero-order valence-electron chi connectivity index (χ0n) is 6.46. The van der Waals surface area contributed by atoms with E-state index in [0.29, 0.717) is 12.3 Å². The third kappa shape index (κ3) is 4.51. The van der Waals surface area contributed by atoms with Gasteiger partial charge in [0.05, 0.1) is 7.11 Å². The molecule has 0 radical (unpaired) electrons. The van der Waals surface area contributed by atoms with Crippen LogP contribution in [0.15, 0.2) is 0 Å². The average Bonchev–Trinajstić information content (AvgIpc) is 1.88. The van der Waals surface area contributed by atoms with Crippen LogP contribution in [-0.4, -0.2) is 25.5 Å². The fourth-order valence-electron chi connectivity index (χ4n) is 0.653. The SMILES string of the molecule is C=PCC(C)CC(=O)OC. The highest BCUT2D eigenvalue weighted by atomic mass is 31.1. The molecule has 0 rings (SSSR count). The Morgan fingerprint density at radius 2 is 2.40 bits per heavy atom. The van der Waals surface area contributed by atoms with Crippen molar-refractivity contribution in [2.24, 2.45) is 5.92 Å². The van der Waals surface area contributed by atoms with Gasteiger partial charge in [0, 0.05) is 6.42 Å². The number of hydrogen-bond donors (Lipinski definition) is 0. The van der Waals surface area contributed by atoms with Gasteiger partial charge in [-0.25, -0.2) is 0 Å². The summed E-state index contributed by atoms with van der Waals surface area (Å²) in [7, 11) is 2.51. The fraction of sp³-hybridized carbons (Fsp3) is 0.714. The van der Waals surface area contributed by atoms with Crippen LogP contribution in [-0.2, 0) is 9.53 Å². The molecule has 2 nitrogen and oxygen atoms in total. The summed E-state index contributed by atoms with van der Waals surface area (Å²) in [5, 5.41) is 0. The molecule has 0 bridgehead atoms. The van der Waals surface area contributed by atoms with Gasteiger partial charge in [-0.3, -0.25) is 4.79 Å². The lowest BCUT2D eigenvalue weighted by molar-refractivity contribution is -0.141. The molecule has 0 heterocycles. The fourth-order valence-corrected chi connectivity index (χ4v) is 1.22. The van der Waals surface area contributed by atoms with Crippen molar-refractivity contribution in [3.63, 3.8) is 0 Å². The van der Waals surface area contributed by atoms with E-state index in [0.717, 1.165) is 14.4 Å². The number of carbonyl (C=O) groups is 1. The second-order valence-corrected chi connectivity index (χ2v) is 3.10. The van der Waals surface area contributed by atoms with Gasteiger partial charge in [0.25, 0.3) is 0 Å². The molecule has 0 aliphatic rings. The minimum atomic E-state index is -0.129. The van der Waals surface area contributed by atoms with Crippen molar-refractivity contribution in [3.05, 3.63) is 0 Å². The van der Waals surface area contributed by atoms with Gasteiger partial charge in [0.1, 0.15) is 0 Å². The molecule has 3 heteroatoms. The number of hydrogen-bond acceptors (Lipinski definition) is 2. The minimum Gasteiger partial charge on any atom is -0.469 e. The van der Waals surface area contributed by atoms with Gasteiger partial charge in [0.15, 0.2) is 0 Å². The first kappa shape index (κ1) is 9.64. The molecule has 0 spiro atoms. The van der Waals surface area contributed by atoms with E-state index < -0.39 is 0 Å². The van der Waals surface area contributed by atoms with Crippen LogP contribution in [0.2, 0.25) is 0 Å². The molecular weight excluding hydrogens is 147 g/mol. The van der Waals surface area contributed by atoms with E-state index in [9.17, 15) is 4.79 Å². The van der Waals surface area contributed by atoms with E-state index in [2.05, 4.69) is 11.0 Å². The average molecular weight is 160 g/mol. The lowest BCUT2D eigenvalue weighted by Crippen LogP contribution is -2.07. The number of esters is 1. The highest BCUT2D eigenvalue weighted by Crippen LogP contribution is 2.08. The predicted molar refractivity (Wildman–Crippen MR) is 44.7 cm³/mol. The second kappa shape index (κ2) is 5.43. The summed E-state index contributed by atoms with van der Waals surface area (Å²) in [5.74, 6) is 0.266. The Balaban J connectivity index is 3.46. The van der Waals surface area contributed by atoms with Crippen LogP contribution in [0, 0.1) is 5.92 Å². The number of rotatable bonds is 4. The molecule has 0 amide bonds. The van der Waals surface area contributed by atoms with E-state index in [1.807, 2.05) is 6.92 Å². The maximum atomic E-state index is 10.7. The molecular formula is C7H13O2P. The predicted octanol–water partition coefficient (Wildman–Crippen LogP) is 1.56. The summed E-state index contributed by atoms with van der Waals surface area (Å²) in [6, 6.07) is 0. The van der Waals surface area contributed by atoms with Crippen LogP contribution in [0.4, 0.5) is 0 Å². The summed E-state index contributed by atoms with van der Waals surface area (Å²) in [5.41, 5.74) is 0. The largest absolute Gasteiger partial charge is 0.469 e. The quantitative estimate of drug-likeness (QED) is 0.461. The van der Waals surface area contributed by atoms with Crippen molar-refractivity contribution in [2.75, 3.05) is 13.3 Å². The molecule has 0 N–H and O–H groups in total. The topological polar surface area (TPSA) is 26.3 Å². The smallest absolute Gasteiger partial charge is 0.305 e. The molecule has 0 saturated carbocycles. The van der Waals surface area contributed by atoms with Crippen molar-refractivity contribution in [1.82, 2.24) is 0 Å². The third-order valence-electron chi connectivity index (χ3n) is 1.18. The molecule has 0 aromatic heterocycles. The van der Waals surface area contributed by atoms with Crippen molar-refractivity contribution < 1.29 is 9.53 Å². The van der Waals surface area contributed by atoms with Crippen molar-refractivity contribution in [2.45, 2.75) is 13.3 Å². The van der Waals surface area contributed by atoms with E-state index in [1.165, 1.54) is 7.11 Å². The molecule has 0 aliphatic heterocycles. The molecule has 10 heavy (non-hydrogen) atoms. The molecule has 0 saturated heterocycles. The van der Waals surface area contributed by atoms with E-state index in [-0.39, 0.29) is 5.97 Å². The standard InChI is InChI=1S/C7H13O2P/c1-6(5-10-3)4-7(8)9-2/h6H,3-5H2,1-2H3. The Labute approximate surface area is 63.4 Å². The Morgan fingerprint density at radius 3 is 2.80 bits per heavy atom. The van der Waals surface area contributed by atoms with Crippen molar-refractivity contribution in [1.29, 1.82) is 0 Å². The molecule has 0 aromatic rings. The number of methoxy groups -OCH3 is 1. The summed E-state index contributed by atoms with van der Waals surface area (Å²) in [6.07, 6.45) is 5.16. The van der Waals surface area contributed by atoms with E-state index in [4.69, 9.17) is 0 Å². The van der Waals surface area contributed by atoms with E-state index in [1.54, 1.807) is 0 Å². The van der Waals surface area contributed by atoms with Crippen molar-refractivity contribution >= 4 is 20.5 Å². The lowest BCUT2D eigenvalue weighted by Gasteiger charge is -2.04. The van der Waals surface area contributed by atoms with Gasteiger partial charge < -0.3 is 4.74 Å². The monoisotopic (exact) mass is 160 g/mol. The molecule has 0 fully saturated rings. The van der Waals surface area contributed by atoms with Crippen LogP contribution in [0.5, 0.6) is 0 Å². The zero-order valence-corrected chi connectivity index (χ0v) is 7.36. The van der Waals surface area contributed by atoms with Crippen LogP contribution < -0.4 is 0 Å². The summed E-state index contributed by atoms with van der Waals surface area (Å²) < 4.78 is 4.50. The molecule has 0 aromatic carbocycles. The third-order valence-corrected chi connectivity index (χ3v) is 2.07. The molecule has 0 aliphatic carbocycles. The second-order valence-electron chi connectivity index (χ2n) is 2.29. The summed E-state index contributed by atoms with van der Waals surface area (Å²) >= 11 is 0. The Hall–Kier alpha value is -0.360. The van der Waals surface area contributed by atoms with Crippen molar-refractivity contribution in [3.8, 4) is 0 Å². The molecule has 58 valence electrons. The van der Waals surface area contributed by atoms with Gasteiger partial charge in [-0.15, -0.1) is 8.20 Å². The Bertz CT molecular complexity index is 123. The maximum Gasteiger partial charge on any atom is 0.305 e. The Kier molecular flexibility index (Phi) is 5.23. The minimum absolute atomic E-state index is 0.129. The summed E-state index contributed by atoms with van der Waals surface area (Å²) in [6.45, 7) is 2.02. The first-order chi connectivity index (χ1) is 4.70. The lowest BCUT2D eigenvalue weighted by atomic mass is 10.1. The number of ether oxygens (including phenoxy) is 1. The highest BCUT2D eigenvalue weighted by molar-refractivity contribution is 7.36.